The van der Waals surface area contributed by atoms with E-state index in [1.165, 1.54) is 38.0 Å². The van der Waals surface area contributed by atoms with Gasteiger partial charge >= 0.3 is 0 Å². The molecule has 1 saturated heterocycles. The molecule has 1 aliphatic heterocycles. The highest BCUT2D eigenvalue weighted by Gasteiger charge is 2.15. The highest BCUT2D eigenvalue weighted by atomic mass is 35.5. The van der Waals surface area contributed by atoms with Gasteiger partial charge < -0.3 is 9.30 Å². The lowest BCUT2D eigenvalue weighted by Crippen LogP contribution is -3.11. The number of fused-ring (bicyclic) bond motifs is 1. The Kier molecular flexibility index (Phi) is 3.04. The Bertz CT molecular complexity index is 514. The number of nitrogens with zero attached hydrogens (tertiary/aromatic N) is 2. The molecule has 0 unspecified atom stereocenters. The predicted molar refractivity (Wildman–Crippen MR) is 68.5 cm³/mol. The highest BCUT2D eigenvalue weighted by molar-refractivity contribution is 6.30. The molecule has 0 atom stereocenters. The first kappa shape index (κ1) is 11.1. The van der Waals surface area contributed by atoms with Gasteiger partial charge in [0.1, 0.15) is 17.9 Å². The topological polar surface area (TPSA) is 21.7 Å². The average Bonchev–Trinajstić information content (AvgIpc) is 2.71. The summed E-state index contributed by atoms with van der Waals surface area (Å²) in [6.07, 6.45) is 8.12. The zero-order chi connectivity index (χ0) is 11.7. The van der Waals surface area contributed by atoms with Crippen LogP contribution < -0.4 is 4.90 Å². The number of pyridine rings is 1. The summed E-state index contributed by atoms with van der Waals surface area (Å²) >= 11 is 5.97. The fraction of sp³-hybridized carbons (Fsp3) is 0.462. The lowest BCUT2D eigenvalue weighted by atomic mass is 10.1. The van der Waals surface area contributed by atoms with Crippen molar-refractivity contribution < 1.29 is 4.90 Å². The van der Waals surface area contributed by atoms with Crippen molar-refractivity contribution in [3.05, 3.63) is 35.2 Å². The number of piperidine rings is 1. The molecule has 4 heteroatoms. The van der Waals surface area contributed by atoms with Crippen molar-refractivity contribution in [3.8, 4) is 0 Å². The van der Waals surface area contributed by atoms with E-state index in [4.69, 9.17) is 11.6 Å². The number of rotatable bonds is 2. The summed E-state index contributed by atoms with van der Waals surface area (Å²) in [7, 11) is 0. The molecule has 0 radical (unpaired) electrons. The number of aromatic nitrogens is 2. The second kappa shape index (κ2) is 4.67. The highest BCUT2D eigenvalue weighted by Crippen LogP contribution is 2.11. The third-order valence-corrected chi connectivity index (χ3v) is 3.68. The van der Waals surface area contributed by atoms with E-state index in [-0.39, 0.29) is 0 Å². The molecule has 0 spiro atoms. The van der Waals surface area contributed by atoms with Crippen LogP contribution in [0.15, 0.2) is 24.5 Å². The Morgan fingerprint density at radius 2 is 2.00 bits per heavy atom. The number of halogens is 1. The maximum absolute atomic E-state index is 5.97. The minimum Gasteiger partial charge on any atom is -0.330 e. The van der Waals surface area contributed by atoms with Crippen molar-refractivity contribution in [3.63, 3.8) is 0 Å². The third kappa shape index (κ3) is 2.45. The molecule has 2 aromatic heterocycles. The van der Waals surface area contributed by atoms with Gasteiger partial charge in [-0.1, -0.05) is 11.6 Å². The van der Waals surface area contributed by atoms with Gasteiger partial charge in [-0.25, -0.2) is 4.98 Å². The zero-order valence-corrected chi connectivity index (χ0v) is 10.6. The predicted octanol–water partition coefficient (Wildman–Crippen LogP) is 1.56. The summed E-state index contributed by atoms with van der Waals surface area (Å²) in [5.74, 6) is 0. The van der Waals surface area contributed by atoms with Gasteiger partial charge in [-0.15, -0.1) is 0 Å². The van der Waals surface area contributed by atoms with E-state index in [1.54, 1.807) is 4.90 Å². The van der Waals surface area contributed by atoms with Crippen LogP contribution >= 0.6 is 11.6 Å². The first-order chi connectivity index (χ1) is 8.31. The van der Waals surface area contributed by atoms with E-state index in [1.807, 2.05) is 22.7 Å². The van der Waals surface area contributed by atoms with E-state index in [2.05, 4.69) is 11.2 Å². The molecule has 0 aromatic carbocycles. The lowest BCUT2D eigenvalue weighted by Gasteiger charge is -2.22. The van der Waals surface area contributed by atoms with Crippen molar-refractivity contribution in [2.75, 3.05) is 13.1 Å². The number of imidazole rings is 1. The van der Waals surface area contributed by atoms with Gasteiger partial charge in [-0.2, -0.15) is 0 Å². The molecular formula is C13H17ClN3+. The lowest BCUT2D eigenvalue weighted by molar-refractivity contribution is -0.918. The second-order valence-corrected chi connectivity index (χ2v) is 5.27. The van der Waals surface area contributed by atoms with Crippen LogP contribution in [0, 0.1) is 0 Å². The monoisotopic (exact) mass is 250 g/mol. The molecule has 17 heavy (non-hydrogen) atoms. The molecule has 0 bridgehead atoms. The Hall–Kier alpha value is -1.06. The number of hydrogen-bond donors (Lipinski definition) is 1. The molecular weight excluding hydrogens is 234 g/mol. The summed E-state index contributed by atoms with van der Waals surface area (Å²) in [6, 6.07) is 3.86. The molecule has 1 N–H and O–H groups in total. The molecule has 2 aromatic rings. The van der Waals surface area contributed by atoms with Crippen molar-refractivity contribution in [1.29, 1.82) is 0 Å². The van der Waals surface area contributed by atoms with Gasteiger partial charge in [-0.05, 0) is 31.4 Å². The molecule has 0 aliphatic carbocycles. The fourth-order valence-electron chi connectivity index (χ4n) is 2.59. The minimum atomic E-state index is 0.756. The molecule has 1 aliphatic rings. The van der Waals surface area contributed by atoms with Crippen molar-refractivity contribution in [2.45, 2.75) is 25.8 Å². The van der Waals surface area contributed by atoms with Crippen molar-refractivity contribution >= 4 is 17.2 Å². The van der Waals surface area contributed by atoms with Gasteiger partial charge in [-0.3, -0.25) is 0 Å². The minimum absolute atomic E-state index is 0.756. The second-order valence-electron chi connectivity index (χ2n) is 4.83. The summed E-state index contributed by atoms with van der Waals surface area (Å²) in [4.78, 5) is 6.29. The van der Waals surface area contributed by atoms with Crippen LogP contribution in [-0.2, 0) is 6.54 Å². The van der Waals surface area contributed by atoms with Crippen molar-refractivity contribution in [1.82, 2.24) is 9.38 Å². The summed E-state index contributed by atoms with van der Waals surface area (Å²) in [5, 5.41) is 0.756. The Labute approximate surface area is 106 Å². The number of nitrogens with one attached hydrogen (secondary N) is 1. The van der Waals surface area contributed by atoms with Crippen LogP contribution in [0.1, 0.15) is 25.0 Å². The van der Waals surface area contributed by atoms with E-state index in [0.29, 0.717) is 0 Å². The average molecular weight is 251 g/mol. The Morgan fingerprint density at radius 1 is 1.18 bits per heavy atom. The summed E-state index contributed by atoms with van der Waals surface area (Å²) < 4.78 is 2.01. The maximum atomic E-state index is 5.97. The van der Waals surface area contributed by atoms with Gasteiger partial charge in [0.25, 0.3) is 0 Å². The maximum Gasteiger partial charge on any atom is 0.137 e. The van der Waals surface area contributed by atoms with Crippen LogP contribution in [0.4, 0.5) is 0 Å². The van der Waals surface area contributed by atoms with Crippen LogP contribution in [0.2, 0.25) is 5.02 Å². The molecule has 90 valence electrons. The van der Waals surface area contributed by atoms with Gasteiger partial charge in [0.2, 0.25) is 0 Å². The number of likely N-dealkylation sites (tertiary alicyclic amines) is 1. The quantitative estimate of drug-likeness (QED) is 0.859. The van der Waals surface area contributed by atoms with E-state index < -0.39 is 0 Å². The standard InChI is InChI=1S/C13H16ClN3/c14-11-4-5-13-15-12(10-17(13)8-11)9-16-6-2-1-3-7-16/h4-5,8,10H,1-3,6-7,9H2/p+1. The van der Waals surface area contributed by atoms with Crippen molar-refractivity contribution in [2.24, 2.45) is 0 Å². The SMILES string of the molecule is Clc1ccc2nc(C[NH+]3CCCCC3)cn2c1. The van der Waals surface area contributed by atoms with E-state index in [9.17, 15) is 0 Å². The largest absolute Gasteiger partial charge is 0.330 e. The Morgan fingerprint density at radius 3 is 2.82 bits per heavy atom. The number of hydrogen-bond acceptors (Lipinski definition) is 1. The van der Waals surface area contributed by atoms with Crippen LogP contribution in [0.25, 0.3) is 5.65 Å². The van der Waals surface area contributed by atoms with Crippen LogP contribution in [0.3, 0.4) is 0 Å². The first-order valence-electron chi connectivity index (χ1n) is 6.28. The normalized spacial score (nSPS) is 17.7. The molecule has 3 rings (SSSR count). The van der Waals surface area contributed by atoms with Gasteiger partial charge in [0, 0.05) is 12.4 Å². The smallest absolute Gasteiger partial charge is 0.137 e. The summed E-state index contributed by atoms with van der Waals surface area (Å²) in [6.45, 7) is 3.61. The van der Waals surface area contributed by atoms with Crippen LogP contribution in [0.5, 0.6) is 0 Å². The molecule has 1 fully saturated rings. The zero-order valence-electron chi connectivity index (χ0n) is 9.82. The molecule has 3 heterocycles. The fourth-order valence-corrected chi connectivity index (χ4v) is 2.76. The molecule has 3 nitrogen and oxygen atoms in total. The first-order valence-corrected chi connectivity index (χ1v) is 6.66. The number of quaternary nitrogens is 1. The van der Waals surface area contributed by atoms with E-state index in [0.717, 1.165) is 17.2 Å². The van der Waals surface area contributed by atoms with E-state index >= 15 is 0 Å². The van der Waals surface area contributed by atoms with Gasteiger partial charge in [0.05, 0.1) is 18.1 Å². The van der Waals surface area contributed by atoms with Crippen LogP contribution in [-0.4, -0.2) is 22.5 Å². The molecule has 0 saturated carbocycles. The molecule has 0 amide bonds. The van der Waals surface area contributed by atoms with Gasteiger partial charge in [0.15, 0.2) is 0 Å². The summed E-state index contributed by atoms with van der Waals surface area (Å²) in [5.41, 5.74) is 2.16. The third-order valence-electron chi connectivity index (χ3n) is 3.46. The Balaban J connectivity index is 1.80.